The van der Waals surface area contributed by atoms with Crippen LogP contribution in [0.15, 0.2) is 34.9 Å². The number of benzene rings is 1. The molecule has 0 radical (unpaired) electrons. The van der Waals surface area contributed by atoms with Gasteiger partial charge in [0.1, 0.15) is 12.6 Å². The van der Waals surface area contributed by atoms with Gasteiger partial charge in [-0.3, -0.25) is 0 Å². The molecule has 8 nitrogen and oxygen atoms in total. The molecule has 0 spiro atoms. The zero-order valence-electron chi connectivity index (χ0n) is 12.4. The molecule has 3 aromatic rings. The highest BCUT2D eigenvalue weighted by atomic mass is 16.5. The van der Waals surface area contributed by atoms with Gasteiger partial charge in [-0.2, -0.15) is 9.78 Å². The van der Waals surface area contributed by atoms with Crippen LogP contribution in [0.4, 0.5) is 0 Å². The molecule has 2 aromatic heterocycles. The Morgan fingerprint density at radius 2 is 2.09 bits per heavy atom. The second kappa shape index (κ2) is 6.44. The highest BCUT2D eigenvalue weighted by Gasteiger charge is 2.15. The van der Waals surface area contributed by atoms with Gasteiger partial charge in [-0.1, -0.05) is 35.5 Å². The summed E-state index contributed by atoms with van der Waals surface area (Å²) in [5, 5.41) is 16.2. The third-order valence-corrected chi connectivity index (χ3v) is 3.03. The largest absolute Gasteiger partial charge is 0.371 e. The normalized spacial score (nSPS) is 12.5. The Balaban J connectivity index is 1.70. The molecule has 3 rings (SSSR count). The molecule has 0 fully saturated rings. The number of hydrogen-bond acceptors (Lipinski definition) is 7. The van der Waals surface area contributed by atoms with Crippen LogP contribution < -0.4 is 0 Å². The van der Waals surface area contributed by atoms with Crippen LogP contribution in [-0.2, 0) is 11.3 Å². The Hall–Kier alpha value is -2.61. The fourth-order valence-corrected chi connectivity index (χ4v) is 1.96. The van der Waals surface area contributed by atoms with Crippen molar-refractivity contribution >= 4 is 0 Å². The van der Waals surface area contributed by atoms with E-state index in [4.69, 9.17) is 9.26 Å². The summed E-state index contributed by atoms with van der Waals surface area (Å²) in [5.74, 6) is 1.49. The van der Waals surface area contributed by atoms with Crippen LogP contribution in [0, 0.1) is 0 Å². The van der Waals surface area contributed by atoms with Crippen molar-refractivity contribution in [3.63, 3.8) is 0 Å². The quantitative estimate of drug-likeness (QED) is 0.686. The predicted molar refractivity (Wildman–Crippen MR) is 76.7 cm³/mol. The lowest BCUT2D eigenvalue weighted by molar-refractivity contribution is 0.0683. The molecule has 1 atom stereocenters. The first-order valence-electron chi connectivity index (χ1n) is 7.03. The van der Waals surface area contributed by atoms with Gasteiger partial charge in [0, 0.05) is 12.2 Å². The molecular formula is C14H16N6O2. The molecule has 1 aromatic carbocycles. The van der Waals surface area contributed by atoms with Crippen LogP contribution >= 0.6 is 0 Å². The minimum Gasteiger partial charge on any atom is -0.371 e. The van der Waals surface area contributed by atoms with Crippen LogP contribution in [0.5, 0.6) is 0 Å². The minimum atomic E-state index is -0.203. The van der Waals surface area contributed by atoms with Crippen LogP contribution in [-0.4, -0.2) is 37.0 Å². The average Bonchev–Trinajstić information content (AvgIpc) is 3.18. The molecule has 0 N–H and O–H groups in total. The Morgan fingerprint density at radius 3 is 2.86 bits per heavy atom. The second-order valence-electron chi connectivity index (χ2n) is 4.65. The third kappa shape index (κ3) is 3.17. The highest BCUT2D eigenvalue weighted by molar-refractivity contribution is 5.52. The van der Waals surface area contributed by atoms with Gasteiger partial charge in [-0.15, -0.1) is 10.2 Å². The Labute approximate surface area is 127 Å². The Kier molecular flexibility index (Phi) is 4.19. The van der Waals surface area contributed by atoms with Gasteiger partial charge in [0.2, 0.25) is 11.7 Å². The van der Waals surface area contributed by atoms with Gasteiger partial charge < -0.3 is 9.26 Å². The van der Waals surface area contributed by atoms with Crippen molar-refractivity contribution in [2.45, 2.75) is 26.5 Å². The van der Waals surface area contributed by atoms with E-state index in [0.29, 0.717) is 24.1 Å². The molecular weight excluding hydrogens is 284 g/mol. The predicted octanol–water partition coefficient (Wildman–Crippen LogP) is 1.87. The van der Waals surface area contributed by atoms with Gasteiger partial charge in [-0.25, -0.2) is 0 Å². The van der Waals surface area contributed by atoms with E-state index >= 15 is 0 Å². The van der Waals surface area contributed by atoms with Crippen LogP contribution in [0.3, 0.4) is 0 Å². The third-order valence-electron chi connectivity index (χ3n) is 3.03. The summed E-state index contributed by atoms with van der Waals surface area (Å²) in [6.07, 6.45) is -0.203. The van der Waals surface area contributed by atoms with Crippen LogP contribution in [0.2, 0.25) is 0 Å². The van der Waals surface area contributed by atoms with E-state index in [1.165, 1.54) is 4.80 Å². The minimum absolute atomic E-state index is 0.203. The number of rotatable bonds is 6. The topological polar surface area (TPSA) is 91.8 Å². The maximum absolute atomic E-state index is 5.42. The molecule has 0 aliphatic carbocycles. The molecule has 0 bridgehead atoms. The van der Waals surface area contributed by atoms with Gasteiger partial charge in [-0.05, 0) is 19.1 Å². The number of tetrazole rings is 1. The molecule has 0 aliphatic rings. The van der Waals surface area contributed by atoms with Crippen LogP contribution in [0.25, 0.3) is 11.4 Å². The summed E-state index contributed by atoms with van der Waals surface area (Å²) < 4.78 is 10.6. The fraction of sp³-hybridized carbons (Fsp3) is 0.357. The highest BCUT2D eigenvalue weighted by Crippen LogP contribution is 2.14. The molecule has 22 heavy (non-hydrogen) atoms. The lowest BCUT2D eigenvalue weighted by Crippen LogP contribution is -2.05. The fourth-order valence-electron chi connectivity index (χ4n) is 1.96. The second-order valence-corrected chi connectivity index (χ2v) is 4.65. The summed E-state index contributed by atoms with van der Waals surface area (Å²) in [6, 6.07) is 9.64. The molecule has 0 saturated carbocycles. The smallest absolute Gasteiger partial charge is 0.250 e. The standard InChI is InChI=1S/C14H16N6O2/c1-3-21-10(2)13-15-12(22-18-13)9-20-17-14(16-19-20)11-7-5-4-6-8-11/h4-8,10H,3,9H2,1-2H3. The van der Waals surface area contributed by atoms with E-state index in [1.807, 2.05) is 44.2 Å². The van der Waals surface area contributed by atoms with Gasteiger partial charge >= 0.3 is 0 Å². The number of aromatic nitrogens is 6. The summed E-state index contributed by atoms with van der Waals surface area (Å²) in [4.78, 5) is 5.70. The summed E-state index contributed by atoms with van der Waals surface area (Å²) >= 11 is 0. The van der Waals surface area contributed by atoms with Crippen molar-refractivity contribution < 1.29 is 9.26 Å². The van der Waals surface area contributed by atoms with E-state index in [2.05, 4.69) is 25.6 Å². The van der Waals surface area contributed by atoms with Gasteiger partial charge in [0.05, 0.1) is 0 Å². The Bertz CT molecular complexity index is 724. The first kappa shape index (κ1) is 14.3. The van der Waals surface area contributed by atoms with E-state index in [9.17, 15) is 0 Å². The van der Waals surface area contributed by atoms with Crippen molar-refractivity contribution in [1.82, 2.24) is 30.3 Å². The van der Waals surface area contributed by atoms with E-state index < -0.39 is 0 Å². The lowest BCUT2D eigenvalue weighted by atomic mass is 10.2. The molecule has 114 valence electrons. The SMILES string of the molecule is CCOC(C)c1noc(Cn2nnc(-c3ccccc3)n2)n1. The van der Waals surface area contributed by atoms with Gasteiger partial charge in [0.25, 0.3) is 0 Å². The van der Waals surface area contributed by atoms with E-state index in [1.54, 1.807) is 0 Å². The Morgan fingerprint density at radius 1 is 1.27 bits per heavy atom. The van der Waals surface area contributed by atoms with E-state index in [0.717, 1.165) is 5.56 Å². The zero-order chi connectivity index (χ0) is 15.4. The molecule has 0 saturated heterocycles. The molecule has 2 heterocycles. The van der Waals surface area contributed by atoms with Crippen molar-refractivity contribution in [2.24, 2.45) is 0 Å². The molecule has 0 amide bonds. The molecule has 1 unspecified atom stereocenters. The first-order valence-corrected chi connectivity index (χ1v) is 7.03. The first-order chi connectivity index (χ1) is 10.8. The maximum atomic E-state index is 5.42. The summed E-state index contributed by atoms with van der Waals surface area (Å²) in [6.45, 7) is 4.66. The van der Waals surface area contributed by atoms with Gasteiger partial charge in [0.15, 0.2) is 5.82 Å². The number of nitrogens with zero attached hydrogens (tertiary/aromatic N) is 6. The monoisotopic (exact) mass is 300 g/mol. The van der Waals surface area contributed by atoms with Crippen LogP contribution in [0.1, 0.15) is 31.7 Å². The maximum Gasteiger partial charge on any atom is 0.250 e. The number of ether oxygens (including phenoxy) is 1. The molecule has 8 heteroatoms. The van der Waals surface area contributed by atoms with Crippen molar-refractivity contribution in [3.8, 4) is 11.4 Å². The lowest BCUT2D eigenvalue weighted by Gasteiger charge is -2.04. The number of hydrogen-bond donors (Lipinski definition) is 0. The summed E-state index contributed by atoms with van der Waals surface area (Å²) in [5.41, 5.74) is 0.907. The van der Waals surface area contributed by atoms with E-state index in [-0.39, 0.29) is 12.6 Å². The van der Waals surface area contributed by atoms with Crippen molar-refractivity contribution in [2.75, 3.05) is 6.61 Å². The average molecular weight is 300 g/mol. The van der Waals surface area contributed by atoms with Crippen molar-refractivity contribution in [3.05, 3.63) is 42.0 Å². The zero-order valence-corrected chi connectivity index (χ0v) is 12.4. The molecule has 0 aliphatic heterocycles. The van der Waals surface area contributed by atoms with Crippen molar-refractivity contribution in [1.29, 1.82) is 0 Å². The summed E-state index contributed by atoms with van der Waals surface area (Å²) in [7, 11) is 0.